The number of carbonyl (C=O) groups is 1. The standard InChI is InChI=1S/C13H18N2O2/c16-12(17)7-3-8-14-11-6-1-4-10-5-2-9-15-13(10)11/h2,5,9,11,14H,1,3-4,6-8H2,(H,16,17). The predicted molar refractivity (Wildman–Crippen MR) is 64.8 cm³/mol. The van der Waals surface area contributed by atoms with Crippen LogP contribution in [0, 0.1) is 0 Å². The molecule has 0 fully saturated rings. The summed E-state index contributed by atoms with van der Waals surface area (Å²) in [6.07, 6.45) is 6.11. The maximum absolute atomic E-state index is 10.4. The molecule has 0 saturated heterocycles. The smallest absolute Gasteiger partial charge is 0.303 e. The van der Waals surface area contributed by atoms with Crippen LogP contribution in [0.25, 0.3) is 0 Å². The number of aryl methyl sites for hydroxylation is 1. The first-order chi connectivity index (χ1) is 8.27. The minimum atomic E-state index is -0.728. The van der Waals surface area contributed by atoms with Crippen LogP contribution in [0.2, 0.25) is 0 Å². The van der Waals surface area contributed by atoms with Crippen molar-refractivity contribution >= 4 is 5.97 Å². The van der Waals surface area contributed by atoms with Gasteiger partial charge in [0.25, 0.3) is 0 Å². The molecule has 2 rings (SSSR count). The molecule has 0 saturated carbocycles. The summed E-state index contributed by atoms with van der Waals surface area (Å²) >= 11 is 0. The van der Waals surface area contributed by atoms with E-state index in [9.17, 15) is 4.79 Å². The molecule has 1 heterocycles. The first kappa shape index (κ1) is 12.0. The molecule has 4 nitrogen and oxygen atoms in total. The highest BCUT2D eigenvalue weighted by molar-refractivity contribution is 5.66. The van der Waals surface area contributed by atoms with Gasteiger partial charge < -0.3 is 10.4 Å². The van der Waals surface area contributed by atoms with E-state index in [0.717, 1.165) is 25.1 Å². The van der Waals surface area contributed by atoms with E-state index in [0.29, 0.717) is 12.5 Å². The monoisotopic (exact) mass is 234 g/mol. The molecule has 1 unspecified atom stereocenters. The molecule has 92 valence electrons. The SMILES string of the molecule is O=C(O)CCCNC1CCCc2cccnc21. The summed E-state index contributed by atoms with van der Waals surface area (Å²) in [4.78, 5) is 14.8. The van der Waals surface area contributed by atoms with Crippen molar-refractivity contribution in [1.82, 2.24) is 10.3 Å². The molecule has 4 heteroatoms. The lowest BCUT2D eigenvalue weighted by molar-refractivity contribution is -0.137. The fraction of sp³-hybridized carbons (Fsp3) is 0.538. The van der Waals surface area contributed by atoms with Gasteiger partial charge in [-0.25, -0.2) is 0 Å². The van der Waals surface area contributed by atoms with Crippen LogP contribution in [0.3, 0.4) is 0 Å². The molecule has 0 amide bonds. The van der Waals surface area contributed by atoms with Crippen molar-refractivity contribution in [3.05, 3.63) is 29.6 Å². The highest BCUT2D eigenvalue weighted by atomic mass is 16.4. The van der Waals surface area contributed by atoms with E-state index in [1.165, 1.54) is 12.0 Å². The van der Waals surface area contributed by atoms with Crippen LogP contribution in [0.4, 0.5) is 0 Å². The Balaban J connectivity index is 1.88. The van der Waals surface area contributed by atoms with Crippen LogP contribution in [0.1, 0.15) is 43.0 Å². The summed E-state index contributed by atoms with van der Waals surface area (Å²) < 4.78 is 0. The molecule has 1 aliphatic rings. The molecule has 1 atom stereocenters. The van der Waals surface area contributed by atoms with Gasteiger partial charge in [0.05, 0.1) is 5.69 Å². The van der Waals surface area contributed by atoms with E-state index >= 15 is 0 Å². The summed E-state index contributed by atoms with van der Waals surface area (Å²) in [6.45, 7) is 0.743. The Morgan fingerprint density at radius 1 is 1.59 bits per heavy atom. The number of carboxylic acids is 1. The summed E-state index contributed by atoms with van der Waals surface area (Å²) in [6, 6.07) is 4.41. The zero-order valence-corrected chi connectivity index (χ0v) is 9.85. The molecule has 17 heavy (non-hydrogen) atoms. The summed E-state index contributed by atoms with van der Waals surface area (Å²) in [5.74, 6) is -0.728. The van der Waals surface area contributed by atoms with E-state index in [1.807, 2.05) is 12.3 Å². The summed E-state index contributed by atoms with van der Waals surface area (Å²) in [5, 5.41) is 12.0. The van der Waals surface area contributed by atoms with Crippen LogP contribution in [0.15, 0.2) is 18.3 Å². The van der Waals surface area contributed by atoms with Crippen molar-refractivity contribution < 1.29 is 9.90 Å². The third-order valence-electron chi connectivity index (χ3n) is 3.15. The maximum atomic E-state index is 10.4. The number of nitrogens with zero attached hydrogens (tertiary/aromatic N) is 1. The van der Waals surface area contributed by atoms with E-state index in [4.69, 9.17) is 5.11 Å². The van der Waals surface area contributed by atoms with Crippen molar-refractivity contribution in [1.29, 1.82) is 0 Å². The molecule has 1 aliphatic carbocycles. The van der Waals surface area contributed by atoms with Gasteiger partial charge in [-0.3, -0.25) is 9.78 Å². The van der Waals surface area contributed by atoms with Gasteiger partial charge in [0, 0.05) is 18.7 Å². The fourth-order valence-electron chi connectivity index (χ4n) is 2.32. The molecular formula is C13H18N2O2. The first-order valence-electron chi connectivity index (χ1n) is 6.16. The summed E-state index contributed by atoms with van der Waals surface area (Å²) in [7, 11) is 0. The van der Waals surface area contributed by atoms with Gasteiger partial charge in [-0.15, -0.1) is 0 Å². The quantitative estimate of drug-likeness (QED) is 0.764. The molecule has 2 N–H and O–H groups in total. The van der Waals surface area contributed by atoms with Gasteiger partial charge in [-0.05, 0) is 43.9 Å². The minimum Gasteiger partial charge on any atom is -0.481 e. The average Bonchev–Trinajstić information content (AvgIpc) is 2.34. The second kappa shape index (κ2) is 5.77. The molecular weight excluding hydrogens is 216 g/mol. The first-order valence-corrected chi connectivity index (χ1v) is 6.16. The maximum Gasteiger partial charge on any atom is 0.303 e. The van der Waals surface area contributed by atoms with Gasteiger partial charge in [0.2, 0.25) is 0 Å². The third kappa shape index (κ3) is 3.27. The number of rotatable bonds is 5. The zero-order chi connectivity index (χ0) is 12.1. The molecule has 1 aromatic heterocycles. The Morgan fingerprint density at radius 3 is 3.29 bits per heavy atom. The number of aliphatic carboxylic acids is 1. The number of aromatic nitrogens is 1. The molecule has 0 spiro atoms. The molecule has 0 radical (unpaired) electrons. The van der Waals surface area contributed by atoms with Gasteiger partial charge in [0.15, 0.2) is 0 Å². The van der Waals surface area contributed by atoms with Gasteiger partial charge in [-0.1, -0.05) is 6.07 Å². The van der Waals surface area contributed by atoms with E-state index in [2.05, 4.69) is 16.4 Å². The number of carboxylic acid groups (broad SMARTS) is 1. The molecule has 0 bridgehead atoms. The summed E-state index contributed by atoms with van der Waals surface area (Å²) in [5.41, 5.74) is 2.48. The van der Waals surface area contributed by atoms with Crippen LogP contribution in [-0.4, -0.2) is 22.6 Å². The van der Waals surface area contributed by atoms with Crippen LogP contribution >= 0.6 is 0 Å². The fourth-order valence-corrected chi connectivity index (χ4v) is 2.32. The van der Waals surface area contributed by atoms with Crippen LogP contribution in [-0.2, 0) is 11.2 Å². The van der Waals surface area contributed by atoms with Gasteiger partial charge in [0.1, 0.15) is 0 Å². The number of fused-ring (bicyclic) bond motifs is 1. The number of hydrogen-bond donors (Lipinski definition) is 2. The highest BCUT2D eigenvalue weighted by Crippen LogP contribution is 2.27. The number of pyridine rings is 1. The number of nitrogens with one attached hydrogen (secondary N) is 1. The second-order valence-electron chi connectivity index (χ2n) is 4.44. The molecule has 1 aromatic rings. The minimum absolute atomic E-state index is 0.231. The van der Waals surface area contributed by atoms with E-state index in [1.54, 1.807) is 0 Å². The highest BCUT2D eigenvalue weighted by Gasteiger charge is 2.20. The number of hydrogen-bond acceptors (Lipinski definition) is 3. The lowest BCUT2D eigenvalue weighted by Gasteiger charge is -2.25. The third-order valence-corrected chi connectivity index (χ3v) is 3.15. The van der Waals surface area contributed by atoms with Crippen molar-refractivity contribution in [2.45, 2.75) is 38.1 Å². The predicted octanol–water partition coefficient (Wildman–Crippen LogP) is 1.91. The van der Waals surface area contributed by atoms with Crippen molar-refractivity contribution in [3.8, 4) is 0 Å². The van der Waals surface area contributed by atoms with Crippen molar-refractivity contribution in [2.24, 2.45) is 0 Å². The van der Waals surface area contributed by atoms with Gasteiger partial charge in [-0.2, -0.15) is 0 Å². The van der Waals surface area contributed by atoms with Crippen LogP contribution in [0.5, 0.6) is 0 Å². The Hall–Kier alpha value is -1.42. The lowest BCUT2D eigenvalue weighted by Crippen LogP contribution is -2.27. The Kier molecular flexibility index (Phi) is 4.09. The van der Waals surface area contributed by atoms with Crippen molar-refractivity contribution in [3.63, 3.8) is 0 Å². The molecule has 0 aromatic carbocycles. The second-order valence-corrected chi connectivity index (χ2v) is 4.44. The van der Waals surface area contributed by atoms with E-state index < -0.39 is 5.97 Å². The largest absolute Gasteiger partial charge is 0.481 e. The molecule has 0 aliphatic heterocycles. The van der Waals surface area contributed by atoms with E-state index in [-0.39, 0.29) is 6.42 Å². The van der Waals surface area contributed by atoms with Crippen molar-refractivity contribution in [2.75, 3.05) is 6.54 Å². The zero-order valence-electron chi connectivity index (χ0n) is 9.85. The van der Waals surface area contributed by atoms with Crippen LogP contribution < -0.4 is 5.32 Å². The van der Waals surface area contributed by atoms with Gasteiger partial charge >= 0.3 is 5.97 Å². The topological polar surface area (TPSA) is 62.2 Å². The Morgan fingerprint density at radius 2 is 2.47 bits per heavy atom. The Labute approximate surface area is 101 Å². The average molecular weight is 234 g/mol. The normalized spacial score (nSPS) is 18.7. The Bertz CT molecular complexity index is 393. The lowest BCUT2D eigenvalue weighted by atomic mass is 9.92.